The van der Waals surface area contributed by atoms with E-state index in [0.29, 0.717) is 5.37 Å². The Hall–Kier alpha value is -0.750. The lowest BCUT2D eigenvalue weighted by Gasteiger charge is -2.10. The van der Waals surface area contributed by atoms with Crippen molar-refractivity contribution in [2.24, 2.45) is 0 Å². The van der Waals surface area contributed by atoms with Gasteiger partial charge in [-0.15, -0.1) is 11.8 Å². The van der Waals surface area contributed by atoms with Crippen LogP contribution in [0.3, 0.4) is 0 Å². The summed E-state index contributed by atoms with van der Waals surface area (Å²) in [5.41, 5.74) is 0. The fourth-order valence-electron chi connectivity index (χ4n) is 1.19. The van der Waals surface area contributed by atoms with Gasteiger partial charge in [0.05, 0.1) is 17.8 Å². The van der Waals surface area contributed by atoms with Gasteiger partial charge in [0.2, 0.25) is 5.91 Å². The van der Waals surface area contributed by atoms with Crippen LogP contribution in [0, 0.1) is 0 Å². The summed E-state index contributed by atoms with van der Waals surface area (Å²) in [6, 6.07) is -0.177. The summed E-state index contributed by atoms with van der Waals surface area (Å²) in [5.74, 6) is -0.254. The lowest BCUT2D eigenvalue weighted by atomic mass is 10.3. The summed E-state index contributed by atoms with van der Waals surface area (Å²) in [7, 11) is 0. The van der Waals surface area contributed by atoms with Crippen LogP contribution in [0.15, 0.2) is 0 Å². The molecule has 5 nitrogen and oxygen atoms in total. The van der Waals surface area contributed by atoms with E-state index in [2.05, 4.69) is 10.6 Å². The minimum absolute atomic E-state index is 0.0266. The van der Waals surface area contributed by atoms with Crippen molar-refractivity contribution in [3.05, 3.63) is 0 Å². The zero-order valence-corrected chi connectivity index (χ0v) is 8.76. The summed E-state index contributed by atoms with van der Waals surface area (Å²) in [4.78, 5) is 21.6. The highest BCUT2D eigenvalue weighted by molar-refractivity contribution is 8.00. The summed E-state index contributed by atoms with van der Waals surface area (Å²) in [6.07, 6.45) is -0.0266. The van der Waals surface area contributed by atoms with Gasteiger partial charge in [-0.2, -0.15) is 0 Å². The Morgan fingerprint density at radius 2 is 2.36 bits per heavy atom. The number of aliphatic carboxylic acids is 1. The van der Waals surface area contributed by atoms with Crippen LogP contribution in [0.5, 0.6) is 0 Å². The van der Waals surface area contributed by atoms with Crippen molar-refractivity contribution in [1.82, 2.24) is 10.6 Å². The van der Waals surface area contributed by atoms with E-state index < -0.39 is 5.97 Å². The number of rotatable bonds is 4. The molecule has 1 fully saturated rings. The zero-order chi connectivity index (χ0) is 10.6. The minimum atomic E-state index is -0.896. The highest BCUT2D eigenvalue weighted by Crippen LogP contribution is 2.17. The molecule has 2 unspecified atom stereocenters. The monoisotopic (exact) mass is 218 g/mol. The molecule has 0 radical (unpaired) electrons. The quantitative estimate of drug-likeness (QED) is 0.600. The van der Waals surface area contributed by atoms with Gasteiger partial charge in [-0.3, -0.25) is 14.9 Å². The Kier molecular flexibility index (Phi) is 4.21. The molecule has 0 aliphatic carbocycles. The molecule has 1 heterocycles. The molecule has 1 aliphatic rings. The Morgan fingerprint density at radius 3 is 2.86 bits per heavy atom. The maximum absolute atomic E-state index is 11.4. The fourth-order valence-corrected chi connectivity index (χ4v) is 2.18. The van der Waals surface area contributed by atoms with Gasteiger partial charge in [0, 0.05) is 12.3 Å². The number of hydrogen-bond acceptors (Lipinski definition) is 4. The second kappa shape index (κ2) is 5.21. The normalized spacial score (nSPS) is 26.1. The van der Waals surface area contributed by atoms with Crippen LogP contribution >= 0.6 is 11.8 Å². The minimum Gasteiger partial charge on any atom is -0.481 e. The molecule has 1 saturated heterocycles. The van der Waals surface area contributed by atoms with Gasteiger partial charge in [0.25, 0.3) is 0 Å². The molecular weight excluding hydrogens is 204 g/mol. The van der Waals surface area contributed by atoms with Crippen molar-refractivity contribution < 1.29 is 14.7 Å². The number of hydrogen-bond donors (Lipinski definition) is 3. The SMILES string of the molecule is CC1NC(C(=O)NCCC(=O)O)CS1. The van der Waals surface area contributed by atoms with Crippen LogP contribution in [-0.2, 0) is 9.59 Å². The molecule has 0 aromatic carbocycles. The van der Waals surface area contributed by atoms with Gasteiger partial charge in [-0.1, -0.05) is 0 Å². The number of carbonyl (C=O) groups excluding carboxylic acids is 1. The molecule has 80 valence electrons. The van der Waals surface area contributed by atoms with Gasteiger partial charge in [-0.05, 0) is 6.92 Å². The molecule has 3 N–H and O–H groups in total. The van der Waals surface area contributed by atoms with E-state index >= 15 is 0 Å². The zero-order valence-electron chi connectivity index (χ0n) is 7.95. The Bertz CT molecular complexity index is 235. The number of carboxylic acid groups (broad SMARTS) is 1. The number of thioether (sulfide) groups is 1. The molecule has 6 heteroatoms. The molecule has 0 bridgehead atoms. The lowest BCUT2D eigenvalue weighted by Crippen LogP contribution is -2.44. The topological polar surface area (TPSA) is 78.4 Å². The van der Waals surface area contributed by atoms with Crippen LogP contribution in [0.1, 0.15) is 13.3 Å². The van der Waals surface area contributed by atoms with Crippen molar-refractivity contribution in [2.45, 2.75) is 24.8 Å². The molecule has 0 aromatic rings. The predicted octanol–water partition coefficient (Wildman–Crippen LogP) is -0.372. The summed E-state index contributed by atoms with van der Waals surface area (Å²) in [5, 5.41) is 14.3. The maximum atomic E-state index is 11.4. The van der Waals surface area contributed by atoms with Crippen LogP contribution < -0.4 is 10.6 Å². The van der Waals surface area contributed by atoms with Crippen LogP contribution in [0.2, 0.25) is 0 Å². The van der Waals surface area contributed by atoms with E-state index in [0.717, 1.165) is 5.75 Å². The van der Waals surface area contributed by atoms with Gasteiger partial charge < -0.3 is 10.4 Å². The van der Waals surface area contributed by atoms with E-state index in [4.69, 9.17) is 5.11 Å². The van der Waals surface area contributed by atoms with Crippen LogP contribution in [-0.4, -0.2) is 40.7 Å². The first-order valence-corrected chi connectivity index (χ1v) is 5.51. The lowest BCUT2D eigenvalue weighted by molar-refractivity contribution is -0.136. The van der Waals surface area contributed by atoms with E-state index in [-0.39, 0.29) is 24.9 Å². The largest absolute Gasteiger partial charge is 0.481 e. The molecule has 1 rings (SSSR count). The molecular formula is C8H14N2O3S. The first-order chi connectivity index (χ1) is 6.59. The highest BCUT2D eigenvalue weighted by atomic mass is 32.2. The van der Waals surface area contributed by atoms with E-state index in [1.807, 2.05) is 6.92 Å². The van der Waals surface area contributed by atoms with Crippen molar-refractivity contribution in [3.8, 4) is 0 Å². The van der Waals surface area contributed by atoms with Gasteiger partial charge >= 0.3 is 5.97 Å². The first kappa shape index (κ1) is 11.3. The van der Waals surface area contributed by atoms with E-state index in [1.165, 1.54) is 0 Å². The predicted molar refractivity (Wildman–Crippen MR) is 54.1 cm³/mol. The average molecular weight is 218 g/mol. The highest BCUT2D eigenvalue weighted by Gasteiger charge is 2.26. The third-order valence-corrected chi connectivity index (χ3v) is 3.07. The second-order valence-electron chi connectivity index (χ2n) is 3.13. The molecule has 0 spiro atoms. The maximum Gasteiger partial charge on any atom is 0.305 e. The van der Waals surface area contributed by atoms with Crippen molar-refractivity contribution in [1.29, 1.82) is 0 Å². The average Bonchev–Trinajstić information content (AvgIpc) is 2.51. The van der Waals surface area contributed by atoms with Crippen molar-refractivity contribution in [3.63, 3.8) is 0 Å². The van der Waals surface area contributed by atoms with Gasteiger partial charge in [0.15, 0.2) is 0 Å². The second-order valence-corrected chi connectivity index (χ2v) is 4.50. The smallest absolute Gasteiger partial charge is 0.305 e. The number of amides is 1. The standard InChI is InChI=1S/C8H14N2O3S/c1-5-10-6(4-14-5)8(13)9-3-2-7(11)12/h5-6,10H,2-4H2,1H3,(H,9,13)(H,11,12). The van der Waals surface area contributed by atoms with E-state index in [1.54, 1.807) is 11.8 Å². The summed E-state index contributed by atoms with van der Waals surface area (Å²) in [6.45, 7) is 2.20. The molecule has 1 aliphatic heterocycles. The Balaban J connectivity index is 2.18. The number of carbonyl (C=O) groups is 2. The Morgan fingerprint density at radius 1 is 1.64 bits per heavy atom. The summed E-state index contributed by atoms with van der Waals surface area (Å²) >= 11 is 1.69. The third kappa shape index (κ3) is 3.55. The Labute approximate surface area is 86.6 Å². The molecule has 14 heavy (non-hydrogen) atoms. The molecule has 0 aromatic heterocycles. The van der Waals surface area contributed by atoms with Crippen LogP contribution in [0.4, 0.5) is 0 Å². The van der Waals surface area contributed by atoms with Crippen molar-refractivity contribution >= 4 is 23.6 Å². The molecule has 1 amide bonds. The molecule has 0 saturated carbocycles. The third-order valence-electron chi connectivity index (χ3n) is 1.90. The van der Waals surface area contributed by atoms with Crippen LogP contribution in [0.25, 0.3) is 0 Å². The van der Waals surface area contributed by atoms with Gasteiger partial charge in [0.1, 0.15) is 0 Å². The number of nitrogens with one attached hydrogen (secondary N) is 2. The number of carboxylic acids is 1. The summed E-state index contributed by atoms with van der Waals surface area (Å²) < 4.78 is 0. The molecule has 2 atom stereocenters. The van der Waals surface area contributed by atoms with Crippen molar-refractivity contribution in [2.75, 3.05) is 12.3 Å². The first-order valence-electron chi connectivity index (χ1n) is 4.46. The van der Waals surface area contributed by atoms with Gasteiger partial charge in [-0.25, -0.2) is 0 Å². The van der Waals surface area contributed by atoms with E-state index in [9.17, 15) is 9.59 Å². The fraction of sp³-hybridized carbons (Fsp3) is 0.750.